The van der Waals surface area contributed by atoms with Crippen molar-refractivity contribution < 1.29 is 13.9 Å². The normalized spacial score (nSPS) is 12.2. The van der Waals surface area contributed by atoms with E-state index in [1.54, 1.807) is 12.1 Å². The molecule has 1 amide bonds. The lowest BCUT2D eigenvalue weighted by Crippen LogP contribution is -2.18. The maximum Gasteiger partial charge on any atom is 0.227 e. The van der Waals surface area contributed by atoms with Gasteiger partial charge in [0.25, 0.3) is 0 Å². The first-order valence-electron chi connectivity index (χ1n) is 9.66. The molecule has 2 aromatic carbocycles. The standard InChI is InChI=1S/C22H26FN3O2/c1-3-28-14-6-13-26-20-8-5-4-7-19(20)24-22(26)25-21(27)15-16(2)17-9-11-18(23)12-10-17/h4-5,7-12,16H,3,6,13-15H2,1-2H3,(H,24,25,27). The van der Waals surface area contributed by atoms with Crippen LogP contribution in [0.2, 0.25) is 0 Å². The number of carbonyl (C=O) groups is 1. The van der Waals surface area contributed by atoms with Gasteiger partial charge in [-0.05, 0) is 49.1 Å². The molecule has 1 heterocycles. The van der Waals surface area contributed by atoms with Gasteiger partial charge in [0.1, 0.15) is 5.82 Å². The van der Waals surface area contributed by atoms with Gasteiger partial charge in [0.2, 0.25) is 11.9 Å². The van der Waals surface area contributed by atoms with Crippen molar-refractivity contribution in [2.45, 2.75) is 39.2 Å². The molecule has 1 atom stereocenters. The number of amides is 1. The van der Waals surface area contributed by atoms with Gasteiger partial charge in [0.15, 0.2) is 0 Å². The fourth-order valence-electron chi connectivity index (χ4n) is 3.23. The topological polar surface area (TPSA) is 56.1 Å². The summed E-state index contributed by atoms with van der Waals surface area (Å²) >= 11 is 0. The molecule has 148 valence electrons. The summed E-state index contributed by atoms with van der Waals surface area (Å²) in [4.78, 5) is 17.2. The maximum absolute atomic E-state index is 13.1. The third-order valence-corrected chi connectivity index (χ3v) is 4.71. The lowest BCUT2D eigenvalue weighted by atomic mass is 9.97. The monoisotopic (exact) mass is 383 g/mol. The highest BCUT2D eigenvalue weighted by Crippen LogP contribution is 2.23. The van der Waals surface area contributed by atoms with Gasteiger partial charge >= 0.3 is 0 Å². The Morgan fingerprint density at radius 1 is 1.21 bits per heavy atom. The Labute approximate surface area is 164 Å². The highest BCUT2D eigenvalue weighted by Gasteiger charge is 2.16. The van der Waals surface area contributed by atoms with Gasteiger partial charge in [-0.15, -0.1) is 0 Å². The van der Waals surface area contributed by atoms with Crippen LogP contribution >= 0.6 is 0 Å². The number of anilines is 1. The largest absolute Gasteiger partial charge is 0.382 e. The predicted molar refractivity (Wildman–Crippen MR) is 109 cm³/mol. The number of benzene rings is 2. The summed E-state index contributed by atoms with van der Waals surface area (Å²) in [5, 5.41) is 2.95. The molecule has 0 fully saturated rings. The number of carbonyl (C=O) groups excluding carboxylic acids is 1. The number of aryl methyl sites for hydroxylation is 1. The minimum Gasteiger partial charge on any atom is -0.382 e. The summed E-state index contributed by atoms with van der Waals surface area (Å²) in [6, 6.07) is 14.1. The highest BCUT2D eigenvalue weighted by molar-refractivity contribution is 5.92. The van der Waals surface area contributed by atoms with Gasteiger partial charge in [-0.1, -0.05) is 31.2 Å². The van der Waals surface area contributed by atoms with E-state index in [2.05, 4.69) is 10.3 Å². The number of para-hydroxylation sites is 2. The number of nitrogens with zero attached hydrogens (tertiary/aromatic N) is 2. The molecule has 0 aliphatic carbocycles. The molecule has 0 aliphatic rings. The second-order valence-electron chi connectivity index (χ2n) is 6.83. The summed E-state index contributed by atoms with van der Waals surface area (Å²) in [6.07, 6.45) is 1.14. The SMILES string of the molecule is CCOCCCn1c(NC(=O)CC(C)c2ccc(F)cc2)nc2ccccc21. The van der Waals surface area contributed by atoms with E-state index in [0.29, 0.717) is 32.1 Å². The Morgan fingerprint density at radius 3 is 2.71 bits per heavy atom. The first-order chi connectivity index (χ1) is 13.6. The molecule has 0 aliphatic heterocycles. The quantitative estimate of drug-likeness (QED) is 0.543. The van der Waals surface area contributed by atoms with Gasteiger partial charge in [-0.25, -0.2) is 9.37 Å². The molecule has 6 heteroatoms. The van der Waals surface area contributed by atoms with Gasteiger partial charge < -0.3 is 9.30 Å². The van der Waals surface area contributed by atoms with Crippen LogP contribution in [-0.4, -0.2) is 28.7 Å². The van der Waals surface area contributed by atoms with Gasteiger partial charge in [0, 0.05) is 26.2 Å². The fraction of sp³-hybridized carbons (Fsp3) is 0.364. The van der Waals surface area contributed by atoms with E-state index in [9.17, 15) is 9.18 Å². The molecule has 3 aromatic rings. The Hall–Kier alpha value is -2.73. The highest BCUT2D eigenvalue weighted by atomic mass is 19.1. The van der Waals surface area contributed by atoms with E-state index < -0.39 is 0 Å². The number of hydrogen-bond acceptors (Lipinski definition) is 3. The third kappa shape index (κ3) is 4.95. The molecule has 5 nitrogen and oxygen atoms in total. The number of imidazole rings is 1. The van der Waals surface area contributed by atoms with Crippen LogP contribution in [0.3, 0.4) is 0 Å². The van der Waals surface area contributed by atoms with Gasteiger partial charge in [-0.3, -0.25) is 10.1 Å². The summed E-state index contributed by atoms with van der Waals surface area (Å²) in [7, 11) is 0. The molecule has 1 aromatic heterocycles. The number of hydrogen-bond donors (Lipinski definition) is 1. The second-order valence-corrected chi connectivity index (χ2v) is 6.83. The minimum absolute atomic E-state index is 0.0172. The summed E-state index contributed by atoms with van der Waals surface area (Å²) in [5.74, 6) is 0.143. The Morgan fingerprint density at radius 2 is 1.96 bits per heavy atom. The van der Waals surface area contributed by atoms with E-state index in [1.165, 1.54) is 12.1 Å². The lowest BCUT2D eigenvalue weighted by Gasteiger charge is -2.13. The predicted octanol–water partition coefficient (Wildman–Crippen LogP) is 4.73. The molecule has 0 spiro atoms. The van der Waals surface area contributed by atoms with Gasteiger partial charge in [-0.2, -0.15) is 0 Å². The van der Waals surface area contributed by atoms with Crippen molar-refractivity contribution in [3.63, 3.8) is 0 Å². The Balaban J connectivity index is 1.71. The van der Waals surface area contributed by atoms with Crippen LogP contribution < -0.4 is 5.32 Å². The zero-order chi connectivity index (χ0) is 19.9. The lowest BCUT2D eigenvalue weighted by molar-refractivity contribution is -0.116. The molecule has 0 saturated carbocycles. The van der Waals surface area contributed by atoms with E-state index >= 15 is 0 Å². The zero-order valence-electron chi connectivity index (χ0n) is 16.3. The smallest absolute Gasteiger partial charge is 0.227 e. The zero-order valence-corrected chi connectivity index (χ0v) is 16.3. The molecular formula is C22H26FN3O2. The van der Waals surface area contributed by atoms with Crippen LogP contribution in [0.15, 0.2) is 48.5 Å². The second kappa shape index (κ2) is 9.46. The van der Waals surface area contributed by atoms with Crippen molar-refractivity contribution >= 4 is 22.9 Å². The van der Waals surface area contributed by atoms with Crippen LogP contribution in [-0.2, 0) is 16.1 Å². The molecular weight excluding hydrogens is 357 g/mol. The van der Waals surface area contributed by atoms with Crippen molar-refractivity contribution in [2.24, 2.45) is 0 Å². The molecule has 1 N–H and O–H groups in total. The number of aromatic nitrogens is 2. The van der Waals surface area contributed by atoms with Crippen molar-refractivity contribution in [3.8, 4) is 0 Å². The van der Waals surface area contributed by atoms with Crippen molar-refractivity contribution in [3.05, 3.63) is 59.9 Å². The number of fused-ring (bicyclic) bond motifs is 1. The van der Waals surface area contributed by atoms with E-state index in [1.807, 2.05) is 42.7 Å². The molecule has 0 radical (unpaired) electrons. The average Bonchev–Trinajstić information content (AvgIpc) is 3.02. The summed E-state index contributed by atoms with van der Waals surface area (Å²) in [5.41, 5.74) is 2.77. The minimum atomic E-state index is -0.277. The van der Waals surface area contributed by atoms with Crippen LogP contribution in [0, 0.1) is 5.82 Å². The number of halogens is 1. The maximum atomic E-state index is 13.1. The summed E-state index contributed by atoms with van der Waals surface area (Å²) in [6.45, 7) is 6.00. The van der Waals surface area contributed by atoms with Crippen LogP contribution in [0.5, 0.6) is 0 Å². The third-order valence-electron chi connectivity index (χ3n) is 4.71. The Bertz CT molecular complexity index is 921. The number of rotatable bonds is 9. The first kappa shape index (κ1) is 20.0. The summed E-state index contributed by atoms with van der Waals surface area (Å²) < 4.78 is 20.5. The fourth-order valence-corrected chi connectivity index (χ4v) is 3.23. The van der Waals surface area contributed by atoms with E-state index in [-0.39, 0.29) is 17.6 Å². The number of nitrogens with one attached hydrogen (secondary N) is 1. The van der Waals surface area contributed by atoms with Crippen molar-refractivity contribution in [2.75, 3.05) is 18.5 Å². The van der Waals surface area contributed by atoms with Crippen molar-refractivity contribution in [1.29, 1.82) is 0 Å². The Kier molecular flexibility index (Phi) is 6.76. The first-order valence-corrected chi connectivity index (χ1v) is 9.66. The van der Waals surface area contributed by atoms with Crippen LogP contribution in [0.1, 0.15) is 38.2 Å². The van der Waals surface area contributed by atoms with E-state index in [4.69, 9.17) is 4.74 Å². The average molecular weight is 383 g/mol. The van der Waals surface area contributed by atoms with Crippen LogP contribution in [0.4, 0.5) is 10.3 Å². The molecule has 1 unspecified atom stereocenters. The molecule has 3 rings (SSSR count). The molecule has 0 saturated heterocycles. The van der Waals surface area contributed by atoms with Gasteiger partial charge in [0.05, 0.1) is 11.0 Å². The molecule has 0 bridgehead atoms. The number of ether oxygens (including phenoxy) is 1. The molecule has 28 heavy (non-hydrogen) atoms. The van der Waals surface area contributed by atoms with Crippen molar-refractivity contribution in [1.82, 2.24) is 9.55 Å². The van der Waals surface area contributed by atoms with E-state index in [0.717, 1.165) is 23.0 Å². The van der Waals surface area contributed by atoms with Crippen LogP contribution in [0.25, 0.3) is 11.0 Å².